The molecule has 4 rings (SSSR count). The first-order valence-electron chi connectivity index (χ1n) is 8.49. The minimum absolute atomic E-state index is 0.461. The first-order valence-corrected chi connectivity index (χ1v) is 8.49. The molecule has 0 saturated heterocycles. The molecule has 7 nitrogen and oxygen atoms in total. The van der Waals surface area contributed by atoms with E-state index >= 15 is 0 Å². The summed E-state index contributed by atoms with van der Waals surface area (Å²) < 4.78 is 5.59. The van der Waals surface area contributed by atoms with Gasteiger partial charge in [-0.3, -0.25) is 4.98 Å². The van der Waals surface area contributed by atoms with Crippen molar-refractivity contribution in [3.63, 3.8) is 0 Å². The number of rotatable bonds is 4. The number of nitrogens with two attached hydrogens (primary N) is 1. The van der Waals surface area contributed by atoms with E-state index in [1.54, 1.807) is 13.3 Å². The molecule has 7 heteroatoms. The van der Waals surface area contributed by atoms with Gasteiger partial charge in [-0.15, -0.1) is 15.0 Å². The minimum Gasteiger partial charge on any atom is -0.496 e. The van der Waals surface area contributed by atoms with Crippen LogP contribution < -0.4 is 10.5 Å². The molecule has 2 heterocycles. The predicted molar refractivity (Wildman–Crippen MR) is 103 cm³/mol. The highest BCUT2D eigenvalue weighted by Crippen LogP contribution is 2.31. The van der Waals surface area contributed by atoms with Crippen LogP contribution in [0.2, 0.25) is 0 Å². The molecule has 2 N–H and O–H groups in total. The lowest BCUT2D eigenvalue weighted by Crippen LogP contribution is -2.03. The molecule has 0 saturated carbocycles. The van der Waals surface area contributed by atoms with Crippen LogP contribution in [0.4, 0.5) is 0 Å². The third-order valence-electron chi connectivity index (χ3n) is 4.18. The Balaban J connectivity index is 1.72. The Morgan fingerprint density at radius 1 is 1.11 bits per heavy atom. The van der Waals surface area contributed by atoms with Gasteiger partial charge in [0.2, 0.25) is 5.82 Å². The zero-order chi connectivity index (χ0) is 18.6. The number of ether oxygens (including phenoxy) is 1. The lowest BCUT2D eigenvalue weighted by atomic mass is 10.0. The van der Waals surface area contributed by atoms with Crippen LogP contribution in [0.3, 0.4) is 0 Å². The highest BCUT2D eigenvalue weighted by Gasteiger charge is 2.14. The first kappa shape index (κ1) is 16.7. The lowest BCUT2D eigenvalue weighted by molar-refractivity contribution is 0.413. The van der Waals surface area contributed by atoms with E-state index in [-0.39, 0.29) is 0 Å². The van der Waals surface area contributed by atoms with E-state index in [1.165, 1.54) is 4.80 Å². The van der Waals surface area contributed by atoms with Gasteiger partial charge in [-0.1, -0.05) is 24.3 Å². The number of aromatic nitrogens is 5. The molecule has 1 aromatic carbocycles. The van der Waals surface area contributed by atoms with Crippen LogP contribution in [0, 0.1) is 0 Å². The van der Waals surface area contributed by atoms with Crippen molar-refractivity contribution in [2.75, 3.05) is 7.11 Å². The van der Waals surface area contributed by atoms with E-state index in [0.29, 0.717) is 23.0 Å². The van der Waals surface area contributed by atoms with Gasteiger partial charge >= 0.3 is 0 Å². The Labute approximate surface area is 156 Å². The summed E-state index contributed by atoms with van der Waals surface area (Å²) >= 11 is 0. The molecule has 3 aromatic rings. The molecule has 1 aliphatic rings. The van der Waals surface area contributed by atoms with E-state index < -0.39 is 0 Å². The average Bonchev–Trinajstić information content (AvgIpc) is 3.11. The molecule has 27 heavy (non-hydrogen) atoms. The molecule has 134 valence electrons. The number of methoxy groups -OCH3 is 1. The highest BCUT2D eigenvalue weighted by molar-refractivity contribution is 5.82. The maximum Gasteiger partial charge on any atom is 0.223 e. The summed E-state index contributed by atoms with van der Waals surface area (Å²) in [7, 11) is 1.63. The van der Waals surface area contributed by atoms with Gasteiger partial charge in [-0.05, 0) is 42.0 Å². The molecule has 0 radical (unpaired) electrons. The Morgan fingerprint density at radius 3 is 2.81 bits per heavy atom. The summed E-state index contributed by atoms with van der Waals surface area (Å²) in [4.78, 5) is 5.70. The van der Waals surface area contributed by atoms with Crippen molar-refractivity contribution >= 4 is 5.57 Å². The van der Waals surface area contributed by atoms with Crippen molar-refractivity contribution < 1.29 is 4.74 Å². The molecule has 0 unspecified atom stereocenters. The van der Waals surface area contributed by atoms with Gasteiger partial charge in [0.05, 0.1) is 12.8 Å². The fourth-order valence-electron chi connectivity index (χ4n) is 2.84. The summed E-state index contributed by atoms with van der Waals surface area (Å²) in [5.74, 6) is 1.14. The van der Waals surface area contributed by atoms with Crippen LogP contribution in [-0.2, 0) is 0 Å². The maximum atomic E-state index is 6.19. The zero-order valence-electron chi connectivity index (χ0n) is 14.8. The van der Waals surface area contributed by atoms with Gasteiger partial charge in [-0.25, -0.2) is 0 Å². The molecule has 0 spiro atoms. The Hall–Kier alpha value is -3.74. The van der Waals surface area contributed by atoms with Gasteiger partial charge in [0.25, 0.3) is 0 Å². The topological polar surface area (TPSA) is 91.7 Å². The van der Waals surface area contributed by atoms with Crippen molar-refractivity contribution in [1.29, 1.82) is 0 Å². The molecule has 1 aliphatic carbocycles. The molecule has 0 atom stereocenters. The van der Waals surface area contributed by atoms with Crippen molar-refractivity contribution in [3.8, 4) is 23.0 Å². The van der Waals surface area contributed by atoms with E-state index in [2.05, 4.69) is 26.5 Å². The largest absolute Gasteiger partial charge is 0.496 e. The third-order valence-corrected chi connectivity index (χ3v) is 4.18. The summed E-state index contributed by atoms with van der Waals surface area (Å²) in [6.07, 6.45) is 10.6. The van der Waals surface area contributed by atoms with Crippen molar-refractivity contribution in [2.45, 2.75) is 6.42 Å². The van der Waals surface area contributed by atoms with Crippen molar-refractivity contribution in [1.82, 2.24) is 25.2 Å². The fraction of sp³-hybridized carbons (Fsp3) is 0.100. The molecular formula is C20H18N6O. The normalized spacial score (nSPS) is 13.7. The van der Waals surface area contributed by atoms with E-state index in [0.717, 1.165) is 23.2 Å². The van der Waals surface area contributed by atoms with Crippen LogP contribution in [0.25, 0.3) is 22.8 Å². The monoisotopic (exact) mass is 358 g/mol. The summed E-state index contributed by atoms with van der Waals surface area (Å²) in [5.41, 5.74) is 10.1. The molecule has 2 aromatic heterocycles. The molecule has 0 fully saturated rings. The highest BCUT2D eigenvalue weighted by atomic mass is 16.5. The average molecular weight is 358 g/mol. The van der Waals surface area contributed by atoms with Crippen LogP contribution in [0.15, 0.2) is 72.6 Å². The van der Waals surface area contributed by atoms with Gasteiger partial charge in [-0.2, -0.15) is 0 Å². The Bertz CT molecular complexity index is 1050. The second-order valence-corrected chi connectivity index (χ2v) is 5.91. The smallest absolute Gasteiger partial charge is 0.223 e. The molecular weight excluding hydrogens is 340 g/mol. The Kier molecular flexibility index (Phi) is 4.49. The minimum atomic E-state index is 0.461. The van der Waals surface area contributed by atoms with Crippen LogP contribution in [0.1, 0.15) is 12.0 Å². The number of benzene rings is 1. The maximum absolute atomic E-state index is 6.19. The van der Waals surface area contributed by atoms with Gasteiger partial charge in [0.15, 0.2) is 0 Å². The molecule has 0 aliphatic heterocycles. The summed E-state index contributed by atoms with van der Waals surface area (Å²) in [6.45, 7) is 0. The second-order valence-electron chi connectivity index (χ2n) is 5.91. The Morgan fingerprint density at radius 2 is 2.00 bits per heavy atom. The quantitative estimate of drug-likeness (QED) is 0.771. The van der Waals surface area contributed by atoms with Crippen molar-refractivity contribution in [2.24, 2.45) is 5.73 Å². The number of nitrogens with zero attached hydrogens (tertiary/aromatic N) is 5. The predicted octanol–water partition coefficient (Wildman–Crippen LogP) is 2.92. The fourth-order valence-corrected chi connectivity index (χ4v) is 2.84. The SMILES string of the molecule is COc1cc(-n2nnc(-c3ccccn3)n2)ccc1C1=C(N)C=CCC=C1. The number of allylic oxidation sites excluding steroid dienone is 5. The van der Waals surface area contributed by atoms with Crippen LogP contribution in [0.5, 0.6) is 5.75 Å². The first-order chi connectivity index (χ1) is 13.3. The summed E-state index contributed by atoms with van der Waals surface area (Å²) in [5, 5.41) is 12.6. The van der Waals surface area contributed by atoms with Gasteiger partial charge in [0, 0.05) is 29.1 Å². The lowest BCUT2D eigenvalue weighted by Gasteiger charge is -2.12. The zero-order valence-corrected chi connectivity index (χ0v) is 14.8. The number of hydrogen-bond acceptors (Lipinski definition) is 6. The number of hydrogen-bond donors (Lipinski definition) is 1. The molecule has 0 amide bonds. The third kappa shape index (κ3) is 3.35. The van der Waals surface area contributed by atoms with E-state index in [1.807, 2.05) is 54.6 Å². The number of pyridine rings is 1. The van der Waals surface area contributed by atoms with Crippen molar-refractivity contribution in [3.05, 3.63) is 78.2 Å². The molecule has 0 bridgehead atoms. The second kappa shape index (κ2) is 7.25. The van der Waals surface area contributed by atoms with E-state index in [9.17, 15) is 0 Å². The van der Waals surface area contributed by atoms with Crippen LogP contribution in [-0.4, -0.2) is 32.3 Å². The number of tetrazole rings is 1. The van der Waals surface area contributed by atoms with E-state index in [4.69, 9.17) is 10.5 Å². The summed E-state index contributed by atoms with van der Waals surface area (Å²) in [6, 6.07) is 11.3. The standard InChI is InChI=1S/C20H18N6O/c1-27-19-13-14(10-11-16(19)15-7-3-2-4-8-17(15)21)26-24-20(23-25-26)18-9-5-6-12-22-18/h3-13H,2,21H2,1H3. The van der Waals surface area contributed by atoms with Gasteiger partial charge in [0.1, 0.15) is 11.4 Å². The van der Waals surface area contributed by atoms with Crippen LogP contribution >= 0.6 is 0 Å². The van der Waals surface area contributed by atoms with Gasteiger partial charge < -0.3 is 10.5 Å².